The SMILES string of the molecule is Cc1ccc(S(=O)(=O)OC(C#N)c2nc3ccccc3n2C)cc1. The Morgan fingerprint density at radius 2 is 1.83 bits per heavy atom. The third-order valence-electron chi connectivity index (χ3n) is 3.71. The summed E-state index contributed by atoms with van der Waals surface area (Å²) in [6.07, 6.45) is -1.33. The van der Waals surface area contributed by atoms with Gasteiger partial charge in [-0.05, 0) is 31.2 Å². The molecule has 0 bridgehead atoms. The average Bonchev–Trinajstić information content (AvgIpc) is 2.90. The second kappa shape index (κ2) is 6.07. The third kappa shape index (κ3) is 2.89. The minimum atomic E-state index is -4.07. The zero-order chi connectivity index (χ0) is 17.3. The van der Waals surface area contributed by atoms with E-state index in [0.29, 0.717) is 5.52 Å². The summed E-state index contributed by atoms with van der Waals surface area (Å²) in [6, 6.07) is 15.4. The summed E-state index contributed by atoms with van der Waals surface area (Å²) in [4.78, 5) is 4.33. The molecule has 0 aliphatic heterocycles. The van der Waals surface area contributed by atoms with E-state index >= 15 is 0 Å². The molecule has 24 heavy (non-hydrogen) atoms. The van der Waals surface area contributed by atoms with Crippen LogP contribution < -0.4 is 0 Å². The Hall–Kier alpha value is -2.69. The van der Waals surface area contributed by atoms with E-state index in [1.54, 1.807) is 29.8 Å². The monoisotopic (exact) mass is 341 g/mol. The molecule has 7 heteroatoms. The Morgan fingerprint density at radius 3 is 2.46 bits per heavy atom. The number of aromatic nitrogens is 2. The molecule has 3 rings (SSSR count). The highest BCUT2D eigenvalue weighted by atomic mass is 32.2. The summed E-state index contributed by atoms with van der Waals surface area (Å²) in [5.41, 5.74) is 2.40. The molecule has 3 aromatic rings. The molecule has 0 saturated carbocycles. The Morgan fingerprint density at radius 1 is 1.17 bits per heavy atom. The maximum Gasteiger partial charge on any atom is 0.298 e. The minimum Gasteiger partial charge on any atom is -0.328 e. The molecule has 0 saturated heterocycles. The van der Waals surface area contributed by atoms with Gasteiger partial charge in [-0.25, -0.2) is 9.17 Å². The molecule has 0 radical (unpaired) electrons. The van der Waals surface area contributed by atoms with Crippen molar-refractivity contribution in [3.8, 4) is 6.07 Å². The smallest absolute Gasteiger partial charge is 0.298 e. The summed E-state index contributed by atoms with van der Waals surface area (Å²) >= 11 is 0. The molecule has 122 valence electrons. The van der Waals surface area contributed by atoms with Crippen LogP contribution in [0.4, 0.5) is 0 Å². The van der Waals surface area contributed by atoms with E-state index in [2.05, 4.69) is 4.98 Å². The van der Waals surface area contributed by atoms with Crippen LogP contribution in [0.1, 0.15) is 17.5 Å². The maximum atomic E-state index is 12.4. The van der Waals surface area contributed by atoms with Crippen molar-refractivity contribution in [3.63, 3.8) is 0 Å². The van der Waals surface area contributed by atoms with Crippen LogP contribution in [-0.2, 0) is 21.3 Å². The number of imidazole rings is 1. The van der Waals surface area contributed by atoms with Crippen LogP contribution in [-0.4, -0.2) is 18.0 Å². The normalized spacial score (nSPS) is 12.9. The van der Waals surface area contributed by atoms with E-state index in [1.165, 1.54) is 12.1 Å². The molecule has 0 fully saturated rings. The predicted octanol–water partition coefficient (Wildman–Crippen LogP) is 2.85. The van der Waals surface area contributed by atoms with E-state index in [-0.39, 0.29) is 10.7 Å². The highest BCUT2D eigenvalue weighted by Crippen LogP contribution is 2.25. The van der Waals surface area contributed by atoms with Crippen molar-refractivity contribution in [1.29, 1.82) is 5.26 Å². The number of nitrogens with zero attached hydrogens (tertiary/aromatic N) is 3. The first kappa shape index (κ1) is 16.2. The van der Waals surface area contributed by atoms with E-state index < -0.39 is 16.2 Å². The summed E-state index contributed by atoms with van der Waals surface area (Å²) in [5, 5.41) is 9.39. The van der Waals surface area contributed by atoms with Gasteiger partial charge in [-0.2, -0.15) is 13.7 Å². The topological polar surface area (TPSA) is 85.0 Å². The molecule has 0 aliphatic rings. The molecule has 1 atom stereocenters. The van der Waals surface area contributed by atoms with Crippen LogP contribution in [0.15, 0.2) is 53.4 Å². The lowest BCUT2D eigenvalue weighted by molar-refractivity contribution is 0.254. The highest BCUT2D eigenvalue weighted by Gasteiger charge is 2.27. The van der Waals surface area contributed by atoms with Crippen molar-refractivity contribution in [1.82, 2.24) is 9.55 Å². The van der Waals surface area contributed by atoms with Crippen LogP contribution in [0.25, 0.3) is 11.0 Å². The average molecular weight is 341 g/mol. The van der Waals surface area contributed by atoms with Gasteiger partial charge in [-0.1, -0.05) is 29.8 Å². The Kier molecular flexibility index (Phi) is 4.09. The van der Waals surface area contributed by atoms with Gasteiger partial charge in [-0.15, -0.1) is 0 Å². The molecule has 0 aliphatic carbocycles. The third-order valence-corrected chi connectivity index (χ3v) is 5.00. The number of fused-ring (bicyclic) bond motifs is 1. The number of benzene rings is 2. The van der Waals surface area contributed by atoms with Gasteiger partial charge in [0.1, 0.15) is 6.07 Å². The summed E-state index contributed by atoms with van der Waals surface area (Å²) in [7, 11) is -2.35. The van der Waals surface area contributed by atoms with Gasteiger partial charge in [0.2, 0.25) is 6.10 Å². The Bertz CT molecular complexity index is 1030. The van der Waals surface area contributed by atoms with Crippen molar-refractivity contribution < 1.29 is 12.6 Å². The van der Waals surface area contributed by atoms with Gasteiger partial charge in [0.15, 0.2) is 5.82 Å². The largest absolute Gasteiger partial charge is 0.328 e. The molecule has 1 aromatic heterocycles. The van der Waals surface area contributed by atoms with Crippen molar-refractivity contribution in [2.24, 2.45) is 7.05 Å². The molecule has 6 nitrogen and oxygen atoms in total. The first-order chi connectivity index (χ1) is 11.4. The molecule has 0 amide bonds. The molecule has 0 N–H and O–H groups in total. The number of hydrogen-bond acceptors (Lipinski definition) is 5. The van der Waals surface area contributed by atoms with E-state index in [4.69, 9.17) is 4.18 Å². The quantitative estimate of drug-likeness (QED) is 0.681. The van der Waals surface area contributed by atoms with Gasteiger partial charge in [0.25, 0.3) is 10.1 Å². The lowest BCUT2D eigenvalue weighted by atomic mass is 10.2. The number of nitriles is 1. The Labute approximate surface area is 140 Å². The number of hydrogen-bond donors (Lipinski definition) is 0. The van der Waals surface area contributed by atoms with Crippen molar-refractivity contribution in [2.75, 3.05) is 0 Å². The zero-order valence-electron chi connectivity index (χ0n) is 13.2. The second-order valence-electron chi connectivity index (χ2n) is 5.39. The summed E-state index contributed by atoms with van der Waals surface area (Å²) in [5.74, 6) is 0.245. The molecular formula is C17H15N3O3S. The van der Waals surface area contributed by atoms with Gasteiger partial charge in [0.05, 0.1) is 15.9 Å². The van der Waals surface area contributed by atoms with Crippen LogP contribution in [0.2, 0.25) is 0 Å². The van der Waals surface area contributed by atoms with Crippen LogP contribution in [0.3, 0.4) is 0 Å². The standard InChI is InChI=1S/C17H15N3O3S/c1-12-7-9-13(10-8-12)24(21,22)23-16(11-18)17-19-14-5-3-4-6-15(14)20(17)2/h3-10,16H,1-2H3. The number of aryl methyl sites for hydroxylation is 2. The summed E-state index contributed by atoms with van der Waals surface area (Å²) < 4.78 is 31.6. The zero-order valence-corrected chi connectivity index (χ0v) is 14.0. The van der Waals surface area contributed by atoms with Crippen molar-refractivity contribution in [2.45, 2.75) is 17.9 Å². The van der Waals surface area contributed by atoms with Crippen LogP contribution >= 0.6 is 0 Å². The van der Waals surface area contributed by atoms with Crippen LogP contribution in [0.5, 0.6) is 0 Å². The van der Waals surface area contributed by atoms with Gasteiger partial charge >= 0.3 is 0 Å². The number of rotatable bonds is 4. The maximum absolute atomic E-state index is 12.4. The highest BCUT2D eigenvalue weighted by molar-refractivity contribution is 7.86. The van der Waals surface area contributed by atoms with E-state index in [9.17, 15) is 13.7 Å². The first-order valence-electron chi connectivity index (χ1n) is 7.23. The second-order valence-corrected chi connectivity index (χ2v) is 6.96. The lowest BCUT2D eigenvalue weighted by Gasteiger charge is -2.11. The molecule has 1 unspecified atom stereocenters. The van der Waals surface area contributed by atoms with E-state index in [1.807, 2.05) is 31.2 Å². The minimum absolute atomic E-state index is 0.00659. The number of para-hydroxylation sites is 2. The van der Waals surface area contributed by atoms with Crippen molar-refractivity contribution >= 4 is 21.2 Å². The van der Waals surface area contributed by atoms with Gasteiger partial charge in [0, 0.05) is 7.05 Å². The lowest BCUT2D eigenvalue weighted by Crippen LogP contribution is -2.14. The fourth-order valence-corrected chi connectivity index (χ4v) is 3.37. The fourth-order valence-electron chi connectivity index (χ4n) is 2.41. The molecule has 2 aromatic carbocycles. The van der Waals surface area contributed by atoms with E-state index in [0.717, 1.165) is 11.1 Å². The van der Waals surface area contributed by atoms with Gasteiger partial charge in [-0.3, -0.25) is 0 Å². The molecule has 0 spiro atoms. The Balaban J connectivity index is 1.98. The van der Waals surface area contributed by atoms with Crippen molar-refractivity contribution in [3.05, 3.63) is 59.9 Å². The predicted molar refractivity (Wildman–Crippen MR) is 88.5 cm³/mol. The molecule has 1 heterocycles. The fraction of sp³-hybridized carbons (Fsp3) is 0.176. The first-order valence-corrected chi connectivity index (χ1v) is 8.64. The summed E-state index contributed by atoms with van der Waals surface area (Å²) in [6.45, 7) is 1.86. The van der Waals surface area contributed by atoms with Crippen LogP contribution in [0, 0.1) is 18.3 Å². The van der Waals surface area contributed by atoms with Gasteiger partial charge < -0.3 is 4.57 Å². The molecular weight excluding hydrogens is 326 g/mol.